The van der Waals surface area contributed by atoms with Crippen LogP contribution in [0.15, 0.2) is 85.1 Å². The lowest BCUT2D eigenvalue weighted by atomic mass is 9.88. The second kappa shape index (κ2) is 9.84. The predicted octanol–water partition coefficient (Wildman–Crippen LogP) is 6.48. The van der Waals surface area contributed by atoms with Crippen LogP contribution in [0.25, 0.3) is 10.9 Å². The number of carbonyl (C=O) groups is 1. The molecule has 0 aliphatic heterocycles. The summed E-state index contributed by atoms with van der Waals surface area (Å²) in [4.78, 5) is 16.3. The maximum absolute atomic E-state index is 13.0. The molecule has 4 rings (SSSR count). The Kier molecular flexibility index (Phi) is 6.73. The average molecular weight is 431 g/mol. The summed E-state index contributed by atoms with van der Waals surface area (Å²) >= 11 is 6.11. The summed E-state index contributed by atoms with van der Waals surface area (Å²) in [5.41, 5.74) is 4.58. The number of aromatic nitrogens is 1. The number of aromatic amines is 1. The normalized spacial score (nSPS) is 13.1. The van der Waals surface area contributed by atoms with Gasteiger partial charge in [0, 0.05) is 40.5 Å². The van der Waals surface area contributed by atoms with E-state index in [1.165, 1.54) is 5.56 Å². The molecule has 0 saturated heterocycles. The van der Waals surface area contributed by atoms with Gasteiger partial charge in [0.1, 0.15) is 0 Å². The predicted molar refractivity (Wildman–Crippen MR) is 129 cm³/mol. The van der Waals surface area contributed by atoms with Crippen molar-refractivity contribution in [2.75, 3.05) is 0 Å². The van der Waals surface area contributed by atoms with Crippen molar-refractivity contribution >= 4 is 28.4 Å². The Labute approximate surface area is 188 Å². The van der Waals surface area contributed by atoms with Gasteiger partial charge in [-0.3, -0.25) is 4.79 Å². The fraction of sp³-hybridized carbons (Fsp3) is 0.222. The van der Waals surface area contributed by atoms with E-state index in [1.54, 1.807) is 0 Å². The Morgan fingerprint density at radius 1 is 0.968 bits per heavy atom. The van der Waals surface area contributed by atoms with E-state index in [9.17, 15) is 4.79 Å². The minimum Gasteiger partial charge on any atom is -0.361 e. The minimum atomic E-state index is -0.0465. The first kappa shape index (κ1) is 21.2. The van der Waals surface area contributed by atoms with E-state index in [0.29, 0.717) is 11.4 Å². The van der Waals surface area contributed by atoms with Crippen molar-refractivity contribution in [1.29, 1.82) is 0 Å². The van der Waals surface area contributed by atoms with Crippen molar-refractivity contribution in [3.63, 3.8) is 0 Å². The van der Waals surface area contributed by atoms with Gasteiger partial charge in [-0.1, -0.05) is 72.3 Å². The van der Waals surface area contributed by atoms with Gasteiger partial charge < -0.3 is 10.3 Å². The Morgan fingerprint density at radius 2 is 1.68 bits per heavy atom. The number of fused-ring (bicyclic) bond motifs is 1. The third-order valence-electron chi connectivity index (χ3n) is 5.77. The van der Waals surface area contributed by atoms with E-state index in [0.717, 1.165) is 34.9 Å². The van der Waals surface area contributed by atoms with Crippen LogP contribution in [-0.2, 0) is 11.2 Å². The van der Waals surface area contributed by atoms with Gasteiger partial charge in [-0.25, -0.2) is 0 Å². The van der Waals surface area contributed by atoms with E-state index in [4.69, 9.17) is 11.6 Å². The zero-order valence-electron chi connectivity index (χ0n) is 17.6. The van der Waals surface area contributed by atoms with Crippen LogP contribution in [-0.4, -0.2) is 16.9 Å². The third-order valence-corrected chi connectivity index (χ3v) is 6.03. The highest BCUT2D eigenvalue weighted by molar-refractivity contribution is 6.30. The molecule has 2 atom stereocenters. The van der Waals surface area contributed by atoms with Crippen LogP contribution in [0, 0.1) is 0 Å². The van der Waals surface area contributed by atoms with E-state index in [-0.39, 0.29) is 17.9 Å². The molecule has 3 aromatic carbocycles. The number of para-hydroxylation sites is 1. The number of halogens is 1. The third kappa shape index (κ3) is 5.36. The monoisotopic (exact) mass is 430 g/mol. The van der Waals surface area contributed by atoms with Crippen molar-refractivity contribution in [2.45, 2.75) is 38.1 Å². The molecule has 0 spiro atoms. The first-order chi connectivity index (χ1) is 15.1. The molecule has 0 saturated carbocycles. The molecule has 3 nitrogen and oxygen atoms in total. The Hall–Kier alpha value is -3.04. The van der Waals surface area contributed by atoms with Crippen LogP contribution in [0.2, 0.25) is 5.02 Å². The zero-order valence-corrected chi connectivity index (χ0v) is 18.4. The standard InChI is InChI=1S/C27H27ClN2O/c1-19(11-12-20-7-3-2-4-8-20)30-27(31)17-24(21-13-15-22(28)16-14-21)25-18-29-26-10-6-5-9-23(25)26/h2-10,13-16,18-19,24,29H,11-12,17H2,1H3,(H,30,31). The molecular weight excluding hydrogens is 404 g/mol. The number of aryl methyl sites for hydroxylation is 1. The first-order valence-electron chi connectivity index (χ1n) is 10.7. The summed E-state index contributed by atoms with van der Waals surface area (Å²) in [6, 6.07) is 26.5. The molecule has 158 valence electrons. The second-order valence-corrected chi connectivity index (χ2v) is 8.53. The summed E-state index contributed by atoms with van der Waals surface area (Å²) < 4.78 is 0. The number of hydrogen-bond acceptors (Lipinski definition) is 1. The van der Waals surface area contributed by atoms with E-state index in [1.807, 2.05) is 48.7 Å². The highest BCUT2D eigenvalue weighted by atomic mass is 35.5. The molecular formula is C27H27ClN2O. The van der Waals surface area contributed by atoms with Crippen molar-refractivity contribution < 1.29 is 4.79 Å². The van der Waals surface area contributed by atoms with Crippen molar-refractivity contribution in [3.05, 3.63) is 107 Å². The highest BCUT2D eigenvalue weighted by Crippen LogP contribution is 2.34. The maximum Gasteiger partial charge on any atom is 0.221 e. The van der Waals surface area contributed by atoms with Gasteiger partial charge in [-0.2, -0.15) is 0 Å². The summed E-state index contributed by atoms with van der Waals surface area (Å²) in [5, 5.41) is 5.04. The molecule has 1 amide bonds. The second-order valence-electron chi connectivity index (χ2n) is 8.09. The van der Waals surface area contributed by atoms with E-state index < -0.39 is 0 Å². The van der Waals surface area contributed by atoms with Gasteiger partial charge >= 0.3 is 0 Å². The molecule has 0 bridgehead atoms. The quantitative estimate of drug-likeness (QED) is 0.330. The number of H-pyrrole nitrogens is 1. The highest BCUT2D eigenvalue weighted by Gasteiger charge is 2.22. The van der Waals surface area contributed by atoms with E-state index in [2.05, 4.69) is 53.6 Å². The fourth-order valence-electron chi connectivity index (χ4n) is 4.10. The molecule has 2 unspecified atom stereocenters. The van der Waals surface area contributed by atoms with Gasteiger partial charge in [0.2, 0.25) is 5.91 Å². The molecule has 0 aliphatic rings. The number of benzene rings is 3. The molecule has 4 aromatic rings. The number of rotatable bonds is 8. The Balaban J connectivity index is 1.49. The summed E-state index contributed by atoms with van der Waals surface area (Å²) in [6.07, 6.45) is 4.27. The van der Waals surface area contributed by atoms with Gasteiger partial charge in [0.25, 0.3) is 0 Å². The van der Waals surface area contributed by atoms with Crippen LogP contribution < -0.4 is 5.32 Å². The van der Waals surface area contributed by atoms with Gasteiger partial charge in [-0.15, -0.1) is 0 Å². The molecule has 31 heavy (non-hydrogen) atoms. The zero-order chi connectivity index (χ0) is 21.6. The maximum atomic E-state index is 13.0. The van der Waals surface area contributed by atoms with Crippen LogP contribution in [0.5, 0.6) is 0 Å². The fourth-order valence-corrected chi connectivity index (χ4v) is 4.23. The number of amides is 1. The largest absolute Gasteiger partial charge is 0.361 e. The van der Waals surface area contributed by atoms with Crippen LogP contribution in [0.3, 0.4) is 0 Å². The number of hydrogen-bond donors (Lipinski definition) is 2. The average Bonchev–Trinajstić information content (AvgIpc) is 3.21. The summed E-state index contributed by atoms with van der Waals surface area (Å²) in [7, 11) is 0. The molecule has 1 aromatic heterocycles. The smallest absolute Gasteiger partial charge is 0.221 e. The molecule has 0 fully saturated rings. The molecule has 4 heteroatoms. The first-order valence-corrected chi connectivity index (χ1v) is 11.1. The summed E-state index contributed by atoms with van der Waals surface area (Å²) in [6.45, 7) is 2.07. The van der Waals surface area contributed by atoms with Crippen molar-refractivity contribution in [1.82, 2.24) is 10.3 Å². The Bertz CT molecular complexity index is 1130. The van der Waals surface area contributed by atoms with Crippen LogP contribution in [0.1, 0.15) is 42.4 Å². The minimum absolute atomic E-state index is 0.0465. The van der Waals surface area contributed by atoms with Gasteiger partial charge in [-0.05, 0) is 54.7 Å². The van der Waals surface area contributed by atoms with E-state index >= 15 is 0 Å². The molecule has 0 radical (unpaired) electrons. The lowest BCUT2D eigenvalue weighted by molar-refractivity contribution is -0.121. The van der Waals surface area contributed by atoms with Crippen molar-refractivity contribution in [3.8, 4) is 0 Å². The van der Waals surface area contributed by atoms with Gasteiger partial charge in [0.05, 0.1) is 0 Å². The van der Waals surface area contributed by atoms with Crippen LogP contribution in [0.4, 0.5) is 0 Å². The van der Waals surface area contributed by atoms with Crippen molar-refractivity contribution in [2.24, 2.45) is 0 Å². The lowest BCUT2D eigenvalue weighted by Crippen LogP contribution is -2.33. The van der Waals surface area contributed by atoms with Crippen LogP contribution >= 0.6 is 11.6 Å². The summed E-state index contributed by atoms with van der Waals surface area (Å²) in [5.74, 6) is 0.0144. The topological polar surface area (TPSA) is 44.9 Å². The lowest BCUT2D eigenvalue weighted by Gasteiger charge is -2.20. The molecule has 0 aliphatic carbocycles. The number of nitrogens with one attached hydrogen (secondary N) is 2. The molecule has 2 N–H and O–H groups in total. The SMILES string of the molecule is CC(CCc1ccccc1)NC(=O)CC(c1ccc(Cl)cc1)c1c[nH]c2ccccc12. The number of carbonyl (C=O) groups excluding carboxylic acids is 1. The molecule has 1 heterocycles. The van der Waals surface area contributed by atoms with Gasteiger partial charge in [0.15, 0.2) is 0 Å². The Morgan fingerprint density at radius 3 is 2.45 bits per heavy atom.